The maximum atomic E-state index is 11.5. The highest BCUT2D eigenvalue weighted by atomic mass is 16.5. The van der Waals surface area contributed by atoms with Gasteiger partial charge >= 0.3 is 12.0 Å². The molecule has 2 amide bonds. The molecule has 3 N–H and O–H groups in total. The minimum absolute atomic E-state index is 0.160. The van der Waals surface area contributed by atoms with E-state index in [4.69, 9.17) is 9.84 Å². The predicted octanol–water partition coefficient (Wildman–Crippen LogP) is 1.22. The molecule has 0 fully saturated rings. The summed E-state index contributed by atoms with van der Waals surface area (Å²) in [5.74, 6) is -1.03. The van der Waals surface area contributed by atoms with Crippen molar-refractivity contribution in [3.8, 4) is 0 Å². The van der Waals surface area contributed by atoms with Gasteiger partial charge in [-0.05, 0) is 18.6 Å². The Morgan fingerprint density at radius 2 is 2.06 bits per heavy atom. The molecule has 0 unspecified atom stereocenters. The maximum absolute atomic E-state index is 11.5. The van der Waals surface area contributed by atoms with E-state index in [2.05, 4.69) is 10.6 Å². The number of nitrogens with one attached hydrogen (secondary N) is 2. The van der Waals surface area contributed by atoms with E-state index in [9.17, 15) is 9.59 Å². The second-order valence-electron chi connectivity index (χ2n) is 3.64. The number of carbonyl (C=O) groups is 2. The topological polar surface area (TPSA) is 87.7 Å². The first-order valence-corrected chi connectivity index (χ1v) is 5.49. The number of ether oxygens (including phenoxy) is 1. The molecule has 0 aliphatic rings. The number of carboxylic acids is 1. The Morgan fingerprint density at radius 3 is 2.72 bits per heavy atom. The standard InChI is InChI=1S/C12H16N2O4/c1-9-4-2-3-5-10(9)14-12(17)13-6-7-18-8-11(15)16/h2-5H,6-8H2,1H3,(H,15,16)(H2,13,14,17). The lowest BCUT2D eigenvalue weighted by Gasteiger charge is -2.09. The van der Waals surface area contributed by atoms with E-state index in [1.165, 1.54) is 0 Å². The van der Waals surface area contributed by atoms with Crippen LogP contribution in [0.5, 0.6) is 0 Å². The first kappa shape index (κ1) is 14.0. The van der Waals surface area contributed by atoms with Crippen LogP contribution in [-0.2, 0) is 9.53 Å². The fourth-order valence-corrected chi connectivity index (χ4v) is 1.28. The van der Waals surface area contributed by atoms with Crippen molar-refractivity contribution in [3.05, 3.63) is 29.8 Å². The van der Waals surface area contributed by atoms with E-state index in [-0.39, 0.29) is 25.8 Å². The normalized spacial score (nSPS) is 9.83. The van der Waals surface area contributed by atoms with Crippen molar-refractivity contribution in [1.82, 2.24) is 5.32 Å². The SMILES string of the molecule is Cc1ccccc1NC(=O)NCCOCC(=O)O. The van der Waals surface area contributed by atoms with Gasteiger partial charge in [-0.2, -0.15) is 0 Å². The summed E-state index contributed by atoms with van der Waals surface area (Å²) in [6.07, 6.45) is 0. The second kappa shape index (κ2) is 7.29. The van der Waals surface area contributed by atoms with Gasteiger partial charge in [-0.3, -0.25) is 0 Å². The fourth-order valence-electron chi connectivity index (χ4n) is 1.28. The lowest BCUT2D eigenvalue weighted by Crippen LogP contribution is -2.32. The molecule has 0 aliphatic heterocycles. The van der Waals surface area contributed by atoms with Crippen molar-refractivity contribution in [1.29, 1.82) is 0 Å². The minimum Gasteiger partial charge on any atom is -0.480 e. The van der Waals surface area contributed by atoms with Crippen LogP contribution >= 0.6 is 0 Å². The lowest BCUT2D eigenvalue weighted by atomic mass is 10.2. The third-order valence-corrected chi connectivity index (χ3v) is 2.15. The molecular formula is C12H16N2O4. The Labute approximate surface area is 105 Å². The summed E-state index contributed by atoms with van der Waals surface area (Å²) in [4.78, 5) is 21.6. The molecule has 0 atom stereocenters. The smallest absolute Gasteiger partial charge is 0.329 e. The minimum atomic E-state index is -1.03. The van der Waals surface area contributed by atoms with Crippen LogP contribution in [0.2, 0.25) is 0 Å². The van der Waals surface area contributed by atoms with Crippen molar-refractivity contribution in [3.63, 3.8) is 0 Å². The van der Waals surface area contributed by atoms with Gasteiger partial charge in [0.1, 0.15) is 6.61 Å². The molecule has 0 saturated carbocycles. The highest BCUT2D eigenvalue weighted by molar-refractivity contribution is 5.89. The van der Waals surface area contributed by atoms with Crippen molar-refractivity contribution >= 4 is 17.7 Å². The van der Waals surface area contributed by atoms with Gasteiger partial charge in [0.25, 0.3) is 0 Å². The van der Waals surface area contributed by atoms with E-state index < -0.39 is 5.97 Å². The van der Waals surface area contributed by atoms with Crippen LogP contribution < -0.4 is 10.6 Å². The second-order valence-corrected chi connectivity index (χ2v) is 3.64. The van der Waals surface area contributed by atoms with Gasteiger partial charge in [0.05, 0.1) is 6.61 Å². The van der Waals surface area contributed by atoms with E-state index in [1.54, 1.807) is 6.07 Å². The maximum Gasteiger partial charge on any atom is 0.329 e. The molecule has 0 spiro atoms. The van der Waals surface area contributed by atoms with Gasteiger partial charge < -0.3 is 20.5 Å². The number of hydrogen-bond acceptors (Lipinski definition) is 3. The number of carboxylic acid groups (broad SMARTS) is 1. The molecule has 6 nitrogen and oxygen atoms in total. The molecule has 0 radical (unpaired) electrons. The number of carbonyl (C=O) groups excluding carboxylic acids is 1. The van der Waals surface area contributed by atoms with Gasteiger partial charge in [-0.15, -0.1) is 0 Å². The Bertz CT molecular complexity index is 420. The number of benzene rings is 1. The Kier molecular flexibility index (Phi) is 5.66. The summed E-state index contributed by atoms with van der Waals surface area (Å²) in [6, 6.07) is 7.07. The van der Waals surface area contributed by atoms with Gasteiger partial charge in [0, 0.05) is 12.2 Å². The van der Waals surface area contributed by atoms with E-state index >= 15 is 0 Å². The average Bonchev–Trinajstić information content (AvgIpc) is 2.31. The molecule has 0 bridgehead atoms. The van der Waals surface area contributed by atoms with Crippen molar-refractivity contribution < 1.29 is 19.4 Å². The van der Waals surface area contributed by atoms with Crippen LogP contribution in [0.15, 0.2) is 24.3 Å². The van der Waals surface area contributed by atoms with Crippen molar-refractivity contribution in [2.24, 2.45) is 0 Å². The summed E-state index contributed by atoms with van der Waals surface area (Å²) in [7, 11) is 0. The fraction of sp³-hybridized carbons (Fsp3) is 0.333. The molecule has 0 saturated heterocycles. The summed E-state index contributed by atoms with van der Waals surface area (Å²) < 4.78 is 4.78. The van der Waals surface area contributed by atoms with Crippen LogP contribution in [0.4, 0.5) is 10.5 Å². The Morgan fingerprint density at radius 1 is 1.33 bits per heavy atom. The molecule has 0 aromatic heterocycles. The van der Waals surface area contributed by atoms with Crippen LogP contribution in [0, 0.1) is 6.92 Å². The zero-order chi connectivity index (χ0) is 13.4. The molecule has 1 aromatic rings. The van der Waals surface area contributed by atoms with Crippen molar-refractivity contribution in [2.45, 2.75) is 6.92 Å². The Balaban J connectivity index is 2.22. The highest BCUT2D eigenvalue weighted by Crippen LogP contribution is 2.12. The highest BCUT2D eigenvalue weighted by Gasteiger charge is 2.03. The first-order chi connectivity index (χ1) is 8.59. The zero-order valence-electron chi connectivity index (χ0n) is 10.1. The molecule has 0 aliphatic carbocycles. The van der Waals surface area contributed by atoms with Crippen molar-refractivity contribution in [2.75, 3.05) is 25.1 Å². The number of anilines is 1. The van der Waals surface area contributed by atoms with Gasteiger partial charge in [0.2, 0.25) is 0 Å². The summed E-state index contributed by atoms with van der Waals surface area (Å²) >= 11 is 0. The van der Waals surface area contributed by atoms with Gasteiger partial charge in [-0.1, -0.05) is 18.2 Å². The summed E-state index contributed by atoms with van der Waals surface area (Å²) in [5.41, 5.74) is 1.70. The predicted molar refractivity (Wildman–Crippen MR) is 66.7 cm³/mol. The van der Waals surface area contributed by atoms with Crippen LogP contribution in [0.3, 0.4) is 0 Å². The number of aryl methyl sites for hydroxylation is 1. The Hall–Kier alpha value is -2.08. The largest absolute Gasteiger partial charge is 0.480 e. The number of amides is 2. The zero-order valence-corrected chi connectivity index (χ0v) is 10.1. The number of aliphatic carboxylic acids is 1. The lowest BCUT2D eigenvalue weighted by molar-refractivity contribution is -0.142. The van der Waals surface area contributed by atoms with Gasteiger partial charge in [-0.25, -0.2) is 9.59 Å². The average molecular weight is 252 g/mol. The molecular weight excluding hydrogens is 236 g/mol. The van der Waals surface area contributed by atoms with Crippen LogP contribution in [0.1, 0.15) is 5.56 Å². The molecule has 1 rings (SSSR count). The number of hydrogen-bond donors (Lipinski definition) is 3. The molecule has 1 aromatic carbocycles. The van der Waals surface area contributed by atoms with Crippen LogP contribution in [0.25, 0.3) is 0 Å². The number of rotatable bonds is 6. The third-order valence-electron chi connectivity index (χ3n) is 2.15. The monoisotopic (exact) mass is 252 g/mol. The first-order valence-electron chi connectivity index (χ1n) is 5.49. The molecule has 98 valence electrons. The van der Waals surface area contributed by atoms with Crippen LogP contribution in [-0.4, -0.2) is 36.9 Å². The van der Waals surface area contributed by atoms with E-state index in [0.717, 1.165) is 11.3 Å². The molecule has 0 heterocycles. The quantitative estimate of drug-likeness (QED) is 0.664. The summed E-state index contributed by atoms with van der Waals surface area (Å²) in [5, 5.41) is 13.6. The number of para-hydroxylation sites is 1. The summed E-state index contributed by atoms with van der Waals surface area (Å²) in [6.45, 7) is 1.95. The molecule has 6 heteroatoms. The number of urea groups is 1. The molecule has 18 heavy (non-hydrogen) atoms. The van der Waals surface area contributed by atoms with E-state index in [1.807, 2.05) is 25.1 Å². The third kappa shape index (κ3) is 5.31. The van der Waals surface area contributed by atoms with E-state index in [0.29, 0.717) is 0 Å². The van der Waals surface area contributed by atoms with Gasteiger partial charge in [0.15, 0.2) is 0 Å².